The molecule has 0 saturated carbocycles. The second kappa shape index (κ2) is 6.55. The van der Waals surface area contributed by atoms with Gasteiger partial charge in [-0.2, -0.15) is 0 Å². The molecule has 2 N–H and O–H groups in total. The van der Waals surface area contributed by atoms with Gasteiger partial charge < -0.3 is 19.9 Å². The van der Waals surface area contributed by atoms with Crippen LogP contribution in [-0.4, -0.2) is 48.9 Å². The molecule has 0 amide bonds. The number of carbonyl (C=O) groups is 2. The molecule has 0 saturated heterocycles. The van der Waals surface area contributed by atoms with Crippen LogP contribution in [0.15, 0.2) is 18.3 Å². The van der Waals surface area contributed by atoms with Crippen LogP contribution in [0.3, 0.4) is 0 Å². The van der Waals surface area contributed by atoms with Crippen LogP contribution in [0.1, 0.15) is 10.5 Å². The Hall–Kier alpha value is -2.15. The summed E-state index contributed by atoms with van der Waals surface area (Å²) in [5.74, 6) is -1.63. The van der Waals surface area contributed by atoms with Crippen LogP contribution in [0.25, 0.3) is 0 Å². The Labute approximate surface area is 104 Å². The summed E-state index contributed by atoms with van der Waals surface area (Å²) < 4.78 is 9.31. The molecule has 1 aromatic rings. The van der Waals surface area contributed by atoms with E-state index in [1.165, 1.54) is 26.5 Å². The lowest BCUT2D eigenvalue weighted by Gasteiger charge is -2.14. The third-order valence-electron chi connectivity index (χ3n) is 2.13. The zero-order chi connectivity index (χ0) is 13.5. The van der Waals surface area contributed by atoms with Crippen molar-refractivity contribution in [1.29, 1.82) is 0 Å². The quantitative estimate of drug-likeness (QED) is 0.708. The minimum atomic E-state index is -1.05. The van der Waals surface area contributed by atoms with E-state index in [1.807, 2.05) is 0 Å². The van der Waals surface area contributed by atoms with Crippen molar-refractivity contribution >= 4 is 17.6 Å². The van der Waals surface area contributed by atoms with Crippen molar-refractivity contribution in [3.63, 3.8) is 0 Å². The van der Waals surface area contributed by atoms with Crippen molar-refractivity contribution in [2.75, 3.05) is 26.1 Å². The van der Waals surface area contributed by atoms with Crippen LogP contribution in [0, 0.1) is 0 Å². The third-order valence-corrected chi connectivity index (χ3v) is 2.13. The highest BCUT2D eigenvalue weighted by Gasteiger charge is 2.17. The highest BCUT2D eigenvalue weighted by Crippen LogP contribution is 2.10. The van der Waals surface area contributed by atoms with Crippen molar-refractivity contribution < 1.29 is 24.2 Å². The molecule has 1 heterocycles. The van der Waals surface area contributed by atoms with E-state index in [-0.39, 0.29) is 12.3 Å². The predicted octanol–water partition coefficient (Wildman–Crippen LogP) is 0.380. The summed E-state index contributed by atoms with van der Waals surface area (Å²) in [7, 11) is 2.65. The number of carboxylic acid groups (broad SMARTS) is 1. The number of aromatic nitrogens is 1. The van der Waals surface area contributed by atoms with Crippen molar-refractivity contribution in [3.05, 3.63) is 24.0 Å². The van der Waals surface area contributed by atoms with Crippen LogP contribution in [0.4, 0.5) is 5.69 Å². The Bertz CT molecular complexity index is 435. The topological polar surface area (TPSA) is 97.8 Å². The summed E-state index contributed by atoms with van der Waals surface area (Å²) in [5.41, 5.74) is 0.555. The lowest BCUT2D eigenvalue weighted by molar-refractivity contribution is -0.139. The number of carbonyl (C=O) groups excluding carboxylic acids is 1. The van der Waals surface area contributed by atoms with Crippen molar-refractivity contribution in [2.45, 2.75) is 6.04 Å². The van der Waals surface area contributed by atoms with E-state index in [1.54, 1.807) is 6.07 Å². The molecule has 1 rings (SSSR count). The predicted molar refractivity (Wildman–Crippen MR) is 62.5 cm³/mol. The van der Waals surface area contributed by atoms with Gasteiger partial charge in [0.2, 0.25) is 0 Å². The average Bonchev–Trinajstić information content (AvgIpc) is 2.37. The van der Waals surface area contributed by atoms with Gasteiger partial charge in [-0.15, -0.1) is 0 Å². The van der Waals surface area contributed by atoms with Gasteiger partial charge in [-0.25, -0.2) is 14.6 Å². The fraction of sp³-hybridized carbons (Fsp3) is 0.364. The molecule has 18 heavy (non-hydrogen) atoms. The van der Waals surface area contributed by atoms with Gasteiger partial charge in [-0.3, -0.25) is 0 Å². The van der Waals surface area contributed by atoms with E-state index in [9.17, 15) is 9.59 Å². The van der Waals surface area contributed by atoms with Crippen molar-refractivity contribution in [3.8, 4) is 0 Å². The van der Waals surface area contributed by atoms with Gasteiger partial charge in [-0.1, -0.05) is 0 Å². The molecule has 7 heteroatoms. The monoisotopic (exact) mass is 254 g/mol. The Balaban J connectivity index is 2.83. The van der Waals surface area contributed by atoms with E-state index >= 15 is 0 Å². The number of nitrogens with one attached hydrogen (secondary N) is 1. The van der Waals surface area contributed by atoms with Crippen LogP contribution >= 0.6 is 0 Å². The molecule has 1 unspecified atom stereocenters. The molecule has 0 aromatic carbocycles. The number of hydrogen-bond donors (Lipinski definition) is 2. The first-order valence-corrected chi connectivity index (χ1v) is 5.11. The summed E-state index contributed by atoms with van der Waals surface area (Å²) in [5, 5.41) is 11.7. The maximum atomic E-state index is 11.3. The normalized spacial score (nSPS) is 11.7. The van der Waals surface area contributed by atoms with E-state index in [0.717, 1.165) is 0 Å². The van der Waals surface area contributed by atoms with Gasteiger partial charge in [-0.05, 0) is 12.1 Å². The average molecular weight is 254 g/mol. The smallest absolute Gasteiger partial charge is 0.356 e. The first kappa shape index (κ1) is 13.9. The summed E-state index contributed by atoms with van der Waals surface area (Å²) >= 11 is 0. The number of methoxy groups -OCH3 is 2. The first-order valence-electron chi connectivity index (χ1n) is 5.11. The molecule has 7 nitrogen and oxygen atoms in total. The summed E-state index contributed by atoms with van der Waals surface area (Å²) in [6.07, 6.45) is 1.39. The number of ether oxygens (including phenoxy) is 2. The van der Waals surface area contributed by atoms with E-state index in [2.05, 4.69) is 15.0 Å². The molecule has 0 bridgehead atoms. The molecule has 0 spiro atoms. The highest BCUT2D eigenvalue weighted by molar-refractivity contribution is 5.88. The van der Waals surface area contributed by atoms with Crippen LogP contribution < -0.4 is 5.32 Å². The van der Waals surface area contributed by atoms with E-state index in [0.29, 0.717) is 5.69 Å². The largest absolute Gasteiger partial charge is 0.480 e. The number of esters is 1. The maximum Gasteiger partial charge on any atom is 0.356 e. The van der Waals surface area contributed by atoms with Crippen LogP contribution in [0.5, 0.6) is 0 Å². The van der Waals surface area contributed by atoms with Gasteiger partial charge in [0.25, 0.3) is 0 Å². The molecular formula is C11H14N2O5. The number of anilines is 1. The van der Waals surface area contributed by atoms with Gasteiger partial charge in [0, 0.05) is 19.0 Å². The Morgan fingerprint density at radius 3 is 2.78 bits per heavy atom. The molecule has 0 aliphatic heterocycles. The summed E-state index contributed by atoms with van der Waals surface area (Å²) in [6, 6.07) is 2.07. The second-order valence-electron chi connectivity index (χ2n) is 3.41. The second-order valence-corrected chi connectivity index (χ2v) is 3.41. The Morgan fingerprint density at radius 1 is 1.50 bits per heavy atom. The fourth-order valence-electron chi connectivity index (χ4n) is 1.28. The SMILES string of the molecule is COCC(Nc1ccnc(C(=O)OC)c1)C(=O)O. The number of rotatable bonds is 6. The molecular weight excluding hydrogens is 240 g/mol. The molecule has 1 atom stereocenters. The highest BCUT2D eigenvalue weighted by atomic mass is 16.5. The van der Waals surface area contributed by atoms with Crippen molar-refractivity contribution in [1.82, 2.24) is 4.98 Å². The molecule has 1 aromatic heterocycles. The lowest BCUT2D eigenvalue weighted by atomic mass is 10.2. The Morgan fingerprint density at radius 2 is 2.22 bits per heavy atom. The number of hydrogen-bond acceptors (Lipinski definition) is 6. The van der Waals surface area contributed by atoms with Gasteiger partial charge in [0.05, 0.1) is 13.7 Å². The van der Waals surface area contributed by atoms with Gasteiger partial charge >= 0.3 is 11.9 Å². The molecule has 0 aliphatic rings. The lowest BCUT2D eigenvalue weighted by Crippen LogP contribution is -2.33. The number of nitrogens with zero attached hydrogens (tertiary/aromatic N) is 1. The number of pyridine rings is 1. The van der Waals surface area contributed by atoms with E-state index in [4.69, 9.17) is 9.84 Å². The standard InChI is InChI=1S/C11H14N2O5/c1-17-6-9(10(14)15)13-7-3-4-12-8(5-7)11(16)18-2/h3-5,9H,6H2,1-2H3,(H,12,13)(H,14,15). The zero-order valence-electron chi connectivity index (χ0n) is 10.0. The molecule has 0 aliphatic carbocycles. The summed E-state index contributed by atoms with van der Waals surface area (Å²) in [4.78, 5) is 26.0. The zero-order valence-corrected chi connectivity index (χ0v) is 10.0. The van der Waals surface area contributed by atoms with E-state index < -0.39 is 18.0 Å². The Kier molecular flexibility index (Phi) is 5.06. The molecule has 98 valence electrons. The molecule has 0 radical (unpaired) electrons. The maximum absolute atomic E-state index is 11.3. The van der Waals surface area contributed by atoms with Gasteiger partial charge in [0.15, 0.2) is 0 Å². The minimum absolute atomic E-state index is 0.00517. The van der Waals surface area contributed by atoms with Crippen LogP contribution in [0.2, 0.25) is 0 Å². The fourth-order valence-corrected chi connectivity index (χ4v) is 1.28. The number of aliphatic carboxylic acids is 1. The van der Waals surface area contributed by atoms with Crippen LogP contribution in [-0.2, 0) is 14.3 Å². The minimum Gasteiger partial charge on any atom is -0.480 e. The van der Waals surface area contributed by atoms with Crippen molar-refractivity contribution in [2.24, 2.45) is 0 Å². The first-order chi connectivity index (χ1) is 8.58. The van der Waals surface area contributed by atoms with Gasteiger partial charge in [0.1, 0.15) is 11.7 Å². The number of carboxylic acids is 1. The third kappa shape index (κ3) is 3.70. The summed E-state index contributed by atoms with van der Waals surface area (Å²) in [6.45, 7) is 0.00517. The molecule has 0 fully saturated rings.